The topological polar surface area (TPSA) is 56.5 Å². The molecule has 0 radical (unpaired) electrons. The second kappa shape index (κ2) is 6.11. The lowest BCUT2D eigenvalue weighted by Gasteiger charge is -2.10. The SMILES string of the molecule is Cc1cc(COc2c(Cl)cc(C=O)cc2Cl)oc(=O)c1. The third kappa shape index (κ3) is 3.40. The van der Waals surface area contributed by atoms with Gasteiger partial charge in [0, 0.05) is 11.6 Å². The van der Waals surface area contributed by atoms with Crippen molar-refractivity contribution in [2.24, 2.45) is 0 Å². The van der Waals surface area contributed by atoms with E-state index >= 15 is 0 Å². The number of rotatable bonds is 4. The minimum Gasteiger partial charge on any atom is -0.483 e. The molecule has 1 aromatic heterocycles. The van der Waals surface area contributed by atoms with Crippen LogP contribution in [0.3, 0.4) is 0 Å². The lowest BCUT2D eigenvalue weighted by molar-refractivity contribution is 0.112. The van der Waals surface area contributed by atoms with Crippen molar-refractivity contribution in [1.82, 2.24) is 0 Å². The van der Waals surface area contributed by atoms with Crippen LogP contribution < -0.4 is 10.4 Å². The zero-order valence-electron chi connectivity index (χ0n) is 10.5. The van der Waals surface area contributed by atoms with Gasteiger partial charge in [-0.05, 0) is 30.7 Å². The first-order chi connectivity index (χ1) is 9.49. The Morgan fingerprint density at radius 1 is 1.20 bits per heavy atom. The van der Waals surface area contributed by atoms with E-state index in [2.05, 4.69) is 0 Å². The fourth-order valence-corrected chi connectivity index (χ4v) is 2.28. The number of aryl methyl sites for hydroxylation is 1. The first-order valence-electron chi connectivity index (χ1n) is 5.67. The highest BCUT2D eigenvalue weighted by atomic mass is 35.5. The van der Waals surface area contributed by atoms with E-state index in [1.54, 1.807) is 13.0 Å². The van der Waals surface area contributed by atoms with Gasteiger partial charge in [-0.1, -0.05) is 23.2 Å². The molecule has 0 aliphatic rings. The van der Waals surface area contributed by atoms with E-state index in [1.165, 1.54) is 18.2 Å². The van der Waals surface area contributed by atoms with Crippen LogP contribution in [0.25, 0.3) is 0 Å². The zero-order chi connectivity index (χ0) is 14.7. The van der Waals surface area contributed by atoms with E-state index in [4.69, 9.17) is 32.4 Å². The minimum atomic E-state index is -0.447. The van der Waals surface area contributed by atoms with Crippen LogP contribution in [0, 0.1) is 6.92 Å². The first kappa shape index (κ1) is 14.6. The van der Waals surface area contributed by atoms with E-state index in [0.29, 0.717) is 17.6 Å². The van der Waals surface area contributed by atoms with Gasteiger partial charge in [0.25, 0.3) is 0 Å². The van der Waals surface area contributed by atoms with Crippen LogP contribution in [-0.2, 0) is 6.61 Å². The molecule has 6 heteroatoms. The highest BCUT2D eigenvalue weighted by Gasteiger charge is 2.11. The maximum atomic E-state index is 11.2. The maximum Gasteiger partial charge on any atom is 0.336 e. The number of ether oxygens (including phenoxy) is 1. The Labute approximate surface area is 124 Å². The molecule has 20 heavy (non-hydrogen) atoms. The van der Waals surface area contributed by atoms with Crippen molar-refractivity contribution in [3.63, 3.8) is 0 Å². The monoisotopic (exact) mass is 312 g/mol. The quantitative estimate of drug-likeness (QED) is 0.809. The Bertz CT molecular complexity index is 684. The van der Waals surface area contributed by atoms with Crippen molar-refractivity contribution in [1.29, 1.82) is 0 Å². The minimum absolute atomic E-state index is 0.0107. The fraction of sp³-hybridized carbons (Fsp3) is 0.143. The van der Waals surface area contributed by atoms with E-state index in [0.717, 1.165) is 5.56 Å². The van der Waals surface area contributed by atoms with Crippen molar-refractivity contribution < 1.29 is 13.9 Å². The van der Waals surface area contributed by atoms with Gasteiger partial charge in [0.2, 0.25) is 0 Å². The molecule has 2 rings (SSSR count). The summed E-state index contributed by atoms with van der Waals surface area (Å²) in [4.78, 5) is 21.9. The van der Waals surface area contributed by atoms with Crippen LogP contribution in [0.5, 0.6) is 5.75 Å². The molecule has 1 heterocycles. The third-order valence-electron chi connectivity index (χ3n) is 2.48. The lowest BCUT2D eigenvalue weighted by Crippen LogP contribution is -2.04. The van der Waals surface area contributed by atoms with E-state index in [1.807, 2.05) is 0 Å². The Balaban J connectivity index is 2.22. The maximum absolute atomic E-state index is 11.2. The molecule has 0 spiro atoms. The Kier molecular flexibility index (Phi) is 4.47. The number of hydrogen-bond acceptors (Lipinski definition) is 4. The fourth-order valence-electron chi connectivity index (χ4n) is 1.67. The summed E-state index contributed by atoms with van der Waals surface area (Å²) < 4.78 is 10.4. The molecular weight excluding hydrogens is 303 g/mol. The molecule has 4 nitrogen and oxygen atoms in total. The highest BCUT2D eigenvalue weighted by Crippen LogP contribution is 2.34. The lowest BCUT2D eigenvalue weighted by atomic mass is 10.2. The summed E-state index contributed by atoms with van der Waals surface area (Å²) in [5.74, 6) is 0.602. The summed E-state index contributed by atoms with van der Waals surface area (Å²) >= 11 is 12.0. The van der Waals surface area contributed by atoms with E-state index < -0.39 is 5.63 Å². The molecule has 0 atom stereocenters. The molecule has 0 saturated heterocycles. The van der Waals surface area contributed by atoms with Gasteiger partial charge in [0.15, 0.2) is 5.75 Å². The normalized spacial score (nSPS) is 10.3. The number of carbonyl (C=O) groups is 1. The van der Waals surface area contributed by atoms with Gasteiger partial charge in [-0.25, -0.2) is 4.79 Å². The van der Waals surface area contributed by atoms with Crippen LogP contribution in [0.2, 0.25) is 10.0 Å². The molecule has 0 bridgehead atoms. The summed E-state index contributed by atoms with van der Waals surface area (Å²) in [7, 11) is 0. The smallest absolute Gasteiger partial charge is 0.336 e. The number of aldehydes is 1. The second-order valence-corrected chi connectivity index (χ2v) is 4.95. The largest absolute Gasteiger partial charge is 0.483 e. The van der Waals surface area contributed by atoms with Crippen molar-refractivity contribution in [2.75, 3.05) is 0 Å². The van der Waals surface area contributed by atoms with Gasteiger partial charge < -0.3 is 9.15 Å². The second-order valence-electron chi connectivity index (χ2n) is 4.14. The molecule has 0 fully saturated rings. The molecule has 0 unspecified atom stereocenters. The molecular formula is C14H10Cl2O4. The standard InChI is InChI=1S/C14H10Cl2O4/c1-8-2-10(20-13(18)3-8)7-19-14-11(15)4-9(6-17)5-12(14)16/h2-6H,7H2,1H3. The van der Waals surface area contributed by atoms with Crippen molar-refractivity contribution in [3.8, 4) is 5.75 Å². The summed E-state index contributed by atoms with van der Waals surface area (Å²) in [6, 6.07) is 5.95. The summed E-state index contributed by atoms with van der Waals surface area (Å²) in [5.41, 5.74) is 0.680. The predicted octanol–water partition coefficient (Wildman–Crippen LogP) is 3.65. The van der Waals surface area contributed by atoms with Crippen LogP contribution in [0.15, 0.2) is 33.5 Å². The van der Waals surface area contributed by atoms with Crippen molar-refractivity contribution in [2.45, 2.75) is 13.5 Å². The average molecular weight is 313 g/mol. The Morgan fingerprint density at radius 2 is 1.85 bits per heavy atom. The summed E-state index contributed by atoms with van der Waals surface area (Å²) in [6.45, 7) is 1.79. The summed E-state index contributed by atoms with van der Waals surface area (Å²) in [6.07, 6.45) is 0.640. The zero-order valence-corrected chi connectivity index (χ0v) is 12.0. The van der Waals surface area contributed by atoms with Gasteiger partial charge in [0.1, 0.15) is 18.7 Å². The van der Waals surface area contributed by atoms with Gasteiger partial charge in [-0.2, -0.15) is 0 Å². The van der Waals surface area contributed by atoms with Crippen LogP contribution >= 0.6 is 23.2 Å². The number of carbonyl (C=O) groups excluding carboxylic acids is 1. The molecule has 0 saturated carbocycles. The van der Waals surface area contributed by atoms with Crippen LogP contribution in [0.4, 0.5) is 0 Å². The van der Waals surface area contributed by atoms with Gasteiger partial charge in [-0.3, -0.25) is 4.79 Å². The number of hydrogen-bond donors (Lipinski definition) is 0. The average Bonchev–Trinajstić information content (AvgIpc) is 2.36. The number of benzene rings is 1. The number of halogens is 2. The van der Waals surface area contributed by atoms with E-state index in [9.17, 15) is 9.59 Å². The van der Waals surface area contributed by atoms with Crippen LogP contribution in [-0.4, -0.2) is 6.29 Å². The van der Waals surface area contributed by atoms with Crippen molar-refractivity contribution >= 4 is 29.5 Å². The van der Waals surface area contributed by atoms with Gasteiger partial charge in [-0.15, -0.1) is 0 Å². The molecule has 104 valence electrons. The molecule has 0 aliphatic heterocycles. The molecule has 0 N–H and O–H groups in total. The van der Waals surface area contributed by atoms with Gasteiger partial charge >= 0.3 is 5.63 Å². The first-order valence-corrected chi connectivity index (χ1v) is 6.43. The molecule has 2 aromatic rings. The Hall–Kier alpha value is -1.78. The predicted molar refractivity (Wildman–Crippen MR) is 75.9 cm³/mol. The molecule has 0 amide bonds. The third-order valence-corrected chi connectivity index (χ3v) is 3.04. The molecule has 0 aliphatic carbocycles. The van der Waals surface area contributed by atoms with E-state index in [-0.39, 0.29) is 22.4 Å². The summed E-state index contributed by atoms with van der Waals surface area (Å²) in [5, 5.41) is 0.434. The Morgan fingerprint density at radius 3 is 2.40 bits per heavy atom. The molecule has 1 aromatic carbocycles. The van der Waals surface area contributed by atoms with Crippen LogP contribution in [0.1, 0.15) is 21.7 Å². The van der Waals surface area contributed by atoms with Gasteiger partial charge in [0.05, 0.1) is 10.0 Å². The van der Waals surface area contributed by atoms with Crippen molar-refractivity contribution in [3.05, 3.63) is 61.6 Å². The highest BCUT2D eigenvalue weighted by molar-refractivity contribution is 6.37.